The van der Waals surface area contributed by atoms with Crippen LogP contribution in [0.4, 0.5) is 4.79 Å². The maximum Gasteiger partial charge on any atom is 0.315 e. The van der Waals surface area contributed by atoms with Gasteiger partial charge in [0.2, 0.25) is 0 Å². The van der Waals surface area contributed by atoms with Crippen LogP contribution < -0.4 is 10.6 Å². The summed E-state index contributed by atoms with van der Waals surface area (Å²) in [6.07, 6.45) is 5.98. The fraction of sp³-hybridized carbons (Fsp3) is 0.727. The van der Waals surface area contributed by atoms with E-state index in [1.807, 2.05) is 0 Å². The molecule has 0 bridgehead atoms. The summed E-state index contributed by atoms with van der Waals surface area (Å²) in [4.78, 5) is 11.3. The highest BCUT2D eigenvalue weighted by molar-refractivity contribution is 5.74. The molecule has 3 heteroatoms. The minimum atomic E-state index is -0.0863. The third kappa shape index (κ3) is 6.52. The number of urea groups is 1. The first-order valence-corrected chi connectivity index (χ1v) is 5.39. The Bertz CT molecular complexity index is 163. The predicted octanol–water partition coefficient (Wildman–Crippen LogP) is 2.44. The second kappa shape index (κ2) is 8.60. The Balaban J connectivity index is 3.76. The normalized spacial score (nSPS) is 9.93. The number of amides is 2. The summed E-state index contributed by atoms with van der Waals surface area (Å²) in [6, 6.07) is 0.228. The monoisotopic (exact) mass is 198 g/mol. The molecule has 0 aromatic carbocycles. The lowest BCUT2D eigenvalue weighted by atomic mass is 10.1. The van der Waals surface area contributed by atoms with Gasteiger partial charge in [-0.1, -0.05) is 32.8 Å². The number of carbonyl (C=O) groups excluding carboxylic acids is 1. The van der Waals surface area contributed by atoms with Gasteiger partial charge in [0, 0.05) is 12.6 Å². The van der Waals surface area contributed by atoms with Crippen molar-refractivity contribution in [1.82, 2.24) is 10.6 Å². The van der Waals surface area contributed by atoms with Gasteiger partial charge >= 0.3 is 6.03 Å². The van der Waals surface area contributed by atoms with E-state index in [0.29, 0.717) is 12.6 Å². The highest BCUT2D eigenvalue weighted by atomic mass is 16.2. The summed E-state index contributed by atoms with van der Waals surface area (Å²) >= 11 is 0. The van der Waals surface area contributed by atoms with Crippen molar-refractivity contribution >= 4 is 6.03 Å². The van der Waals surface area contributed by atoms with E-state index in [9.17, 15) is 4.79 Å². The van der Waals surface area contributed by atoms with Crippen molar-refractivity contribution in [1.29, 1.82) is 0 Å². The number of hydrogen-bond donors (Lipinski definition) is 2. The van der Waals surface area contributed by atoms with Gasteiger partial charge < -0.3 is 10.6 Å². The van der Waals surface area contributed by atoms with Crippen LogP contribution in [-0.4, -0.2) is 18.6 Å². The molecule has 0 aromatic rings. The van der Waals surface area contributed by atoms with Crippen LogP contribution in [-0.2, 0) is 0 Å². The van der Waals surface area contributed by atoms with Gasteiger partial charge in [0.1, 0.15) is 0 Å². The molecule has 0 rings (SSSR count). The topological polar surface area (TPSA) is 41.1 Å². The minimum absolute atomic E-state index is 0.0863. The average Bonchev–Trinajstić information content (AvgIpc) is 2.15. The highest BCUT2D eigenvalue weighted by Gasteiger charge is 2.08. The summed E-state index contributed by atoms with van der Waals surface area (Å²) in [5, 5.41) is 5.67. The first-order valence-electron chi connectivity index (χ1n) is 5.39. The largest absolute Gasteiger partial charge is 0.335 e. The van der Waals surface area contributed by atoms with E-state index < -0.39 is 0 Å². The standard InChI is InChI=1S/C11H22N2O/c1-4-7-10(8-5-2)13-11(14)12-9-6-3/h6,10H,3-5,7-9H2,1-2H3,(H2,12,13,14). The van der Waals surface area contributed by atoms with Crippen molar-refractivity contribution in [2.24, 2.45) is 0 Å². The molecule has 2 N–H and O–H groups in total. The summed E-state index contributed by atoms with van der Waals surface area (Å²) in [5.74, 6) is 0. The van der Waals surface area contributed by atoms with Gasteiger partial charge in [-0.2, -0.15) is 0 Å². The van der Waals surface area contributed by atoms with Crippen molar-refractivity contribution in [3.8, 4) is 0 Å². The molecule has 0 aliphatic heterocycles. The molecule has 0 atom stereocenters. The van der Waals surface area contributed by atoms with Crippen LogP contribution in [0.15, 0.2) is 12.7 Å². The Morgan fingerprint density at radius 2 is 1.93 bits per heavy atom. The maximum atomic E-state index is 11.3. The predicted molar refractivity (Wildman–Crippen MR) is 60.3 cm³/mol. The molecule has 0 saturated heterocycles. The molecular formula is C11H22N2O. The van der Waals surface area contributed by atoms with Crippen molar-refractivity contribution in [2.75, 3.05) is 6.54 Å². The van der Waals surface area contributed by atoms with E-state index in [1.54, 1.807) is 6.08 Å². The van der Waals surface area contributed by atoms with E-state index in [0.717, 1.165) is 25.7 Å². The lowest BCUT2D eigenvalue weighted by molar-refractivity contribution is 0.236. The second-order valence-electron chi connectivity index (χ2n) is 3.42. The quantitative estimate of drug-likeness (QED) is 0.606. The molecule has 14 heavy (non-hydrogen) atoms. The van der Waals surface area contributed by atoms with Crippen LogP contribution >= 0.6 is 0 Å². The number of rotatable bonds is 7. The molecule has 0 unspecified atom stereocenters. The van der Waals surface area contributed by atoms with Crippen LogP contribution in [0.25, 0.3) is 0 Å². The molecule has 0 fully saturated rings. The minimum Gasteiger partial charge on any atom is -0.335 e. The van der Waals surface area contributed by atoms with E-state index in [-0.39, 0.29) is 6.03 Å². The fourth-order valence-electron chi connectivity index (χ4n) is 1.39. The van der Waals surface area contributed by atoms with Crippen LogP contribution in [0.3, 0.4) is 0 Å². The van der Waals surface area contributed by atoms with E-state index >= 15 is 0 Å². The summed E-state index contributed by atoms with van der Waals surface area (Å²) in [6.45, 7) is 8.33. The van der Waals surface area contributed by atoms with E-state index in [2.05, 4.69) is 31.1 Å². The molecule has 0 aliphatic rings. The lowest BCUT2D eigenvalue weighted by Crippen LogP contribution is -2.42. The first kappa shape index (κ1) is 13.0. The Labute approximate surface area is 87.0 Å². The number of carbonyl (C=O) groups is 1. The molecular weight excluding hydrogens is 176 g/mol. The third-order valence-corrected chi connectivity index (χ3v) is 2.02. The zero-order valence-electron chi connectivity index (χ0n) is 9.31. The molecule has 0 aliphatic carbocycles. The SMILES string of the molecule is C=CCNC(=O)NC(CCC)CCC. The zero-order chi connectivity index (χ0) is 10.8. The Morgan fingerprint density at radius 1 is 1.36 bits per heavy atom. The summed E-state index contributed by atoms with van der Waals surface area (Å²) in [7, 11) is 0. The van der Waals surface area contributed by atoms with Crippen LogP contribution in [0.5, 0.6) is 0 Å². The second-order valence-corrected chi connectivity index (χ2v) is 3.42. The molecule has 0 aromatic heterocycles. The van der Waals surface area contributed by atoms with Crippen LogP contribution in [0, 0.1) is 0 Å². The van der Waals surface area contributed by atoms with Gasteiger partial charge in [-0.3, -0.25) is 0 Å². The van der Waals surface area contributed by atoms with Gasteiger partial charge in [0.25, 0.3) is 0 Å². The smallest absolute Gasteiger partial charge is 0.315 e. The Morgan fingerprint density at radius 3 is 2.36 bits per heavy atom. The lowest BCUT2D eigenvalue weighted by Gasteiger charge is -2.17. The van der Waals surface area contributed by atoms with Crippen LogP contribution in [0.1, 0.15) is 39.5 Å². The number of nitrogens with one attached hydrogen (secondary N) is 2. The molecule has 0 spiro atoms. The zero-order valence-corrected chi connectivity index (χ0v) is 9.31. The van der Waals surface area contributed by atoms with Crippen LogP contribution in [0.2, 0.25) is 0 Å². The van der Waals surface area contributed by atoms with E-state index in [1.165, 1.54) is 0 Å². The Kier molecular flexibility index (Phi) is 7.99. The van der Waals surface area contributed by atoms with E-state index in [4.69, 9.17) is 0 Å². The Hall–Kier alpha value is -0.990. The maximum absolute atomic E-state index is 11.3. The molecule has 82 valence electrons. The van der Waals surface area contributed by atoms with Gasteiger partial charge in [-0.25, -0.2) is 4.79 Å². The molecule has 0 heterocycles. The summed E-state index contributed by atoms with van der Waals surface area (Å²) in [5.41, 5.74) is 0. The molecule has 3 nitrogen and oxygen atoms in total. The van der Waals surface area contributed by atoms with Gasteiger partial charge in [-0.15, -0.1) is 6.58 Å². The first-order chi connectivity index (χ1) is 6.74. The number of hydrogen-bond acceptors (Lipinski definition) is 1. The van der Waals surface area contributed by atoms with Gasteiger partial charge in [0.15, 0.2) is 0 Å². The molecule has 0 radical (unpaired) electrons. The average molecular weight is 198 g/mol. The van der Waals surface area contributed by atoms with Gasteiger partial charge in [-0.05, 0) is 12.8 Å². The van der Waals surface area contributed by atoms with Crippen molar-refractivity contribution in [3.63, 3.8) is 0 Å². The molecule has 0 saturated carbocycles. The third-order valence-electron chi connectivity index (χ3n) is 2.02. The summed E-state index contributed by atoms with van der Waals surface area (Å²) < 4.78 is 0. The highest BCUT2D eigenvalue weighted by Crippen LogP contribution is 2.03. The van der Waals surface area contributed by atoms with Crippen molar-refractivity contribution in [3.05, 3.63) is 12.7 Å². The fourth-order valence-corrected chi connectivity index (χ4v) is 1.39. The van der Waals surface area contributed by atoms with Crippen molar-refractivity contribution in [2.45, 2.75) is 45.6 Å². The van der Waals surface area contributed by atoms with Gasteiger partial charge in [0.05, 0.1) is 0 Å². The molecule has 2 amide bonds. The van der Waals surface area contributed by atoms with Crippen molar-refractivity contribution < 1.29 is 4.79 Å².